The number of halogens is 1. The number of carbonyl (C=O) groups is 2. The fourth-order valence-electron chi connectivity index (χ4n) is 4.69. The van der Waals surface area contributed by atoms with Crippen molar-refractivity contribution in [3.63, 3.8) is 0 Å². The van der Waals surface area contributed by atoms with E-state index >= 15 is 0 Å². The van der Waals surface area contributed by atoms with Gasteiger partial charge in [-0.1, -0.05) is 28.1 Å². The van der Waals surface area contributed by atoms with Crippen molar-refractivity contribution in [1.29, 1.82) is 0 Å². The minimum atomic E-state index is -0.418. The van der Waals surface area contributed by atoms with Crippen molar-refractivity contribution in [3.8, 4) is 23.0 Å². The van der Waals surface area contributed by atoms with E-state index in [4.69, 9.17) is 23.7 Å². The third-order valence-corrected chi connectivity index (χ3v) is 6.73. The summed E-state index contributed by atoms with van der Waals surface area (Å²) in [6.07, 6.45) is 1.78. The third kappa shape index (κ3) is 3.79. The lowest BCUT2D eigenvalue weighted by molar-refractivity contribution is -0.135. The molecule has 1 unspecified atom stereocenters. The first-order chi connectivity index (χ1) is 17.0. The summed E-state index contributed by atoms with van der Waals surface area (Å²) < 4.78 is 29.0. The normalized spacial score (nSPS) is 19.3. The smallest absolute Gasteiger partial charge is 0.312 e. The van der Waals surface area contributed by atoms with Crippen LogP contribution in [0.5, 0.6) is 23.0 Å². The van der Waals surface area contributed by atoms with Crippen molar-refractivity contribution in [2.24, 2.45) is 0 Å². The number of ether oxygens (including phenoxy) is 5. The van der Waals surface area contributed by atoms with Gasteiger partial charge in [-0.2, -0.15) is 0 Å². The van der Waals surface area contributed by atoms with Crippen LogP contribution < -0.4 is 18.9 Å². The number of allylic oxidation sites excluding steroid dienone is 1. The van der Waals surface area contributed by atoms with Gasteiger partial charge in [-0.05, 0) is 48.0 Å². The summed E-state index contributed by atoms with van der Waals surface area (Å²) in [6.45, 7) is 0.532. The Morgan fingerprint density at radius 1 is 1.03 bits per heavy atom. The van der Waals surface area contributed by atoms with E-state index in [1.807, 2.05) is 36.4 Å². The van der Waals surface area contributed by atoms with E-state index in [1.165, 1.54) is 0 Å². The van der Waals surface area contributed by atoms with Crippen molar-refractivity contribution < 1.29 is 33.3 Å². The van der Waals surface area contributed by atoms with Crippen molar-refractivity contribution in [3.05, 3.63) is 86.6 Å². The molecular weight excluding hydrogens is 516 g/mol. The topological polar surface area (TPSA) is 80.3 Å². The molecule has 1 atom stereocenters. The Hall–Kier alpha value is -3.62. The number of esters is 1. The maximum atomic E-state index is 13.2. The van der Waals surface area contributed by atoms with Crippen LogP contribution in [0, 0.1) is 0 Å². The van der Waals surface area contributed by atoms with E-state index in [0.717, 1.165) is 26.9 Å². The molecule has 0 fully saturated rings. The number of hydrogen-bond acceptors (Lipinski definition) is 7. The van der Waals surface area contributed by atoms with Gasteiger partial charge >= 0.3 is 5.97 Å². The van der Waals surface area contributed by atoms with Crippen LogP contribution in [-0.4, -0.2) is 25.7 Å². The van der Waals surface area contributed by atoms with Crippen LogP contribution in [0.25, 0.3) is 6.08 Å². The second kappa shape index (κ2) is 8.55. The van der Waals surface area contributed by atoms with E-state index in [-0.39, 0.29) is 30.7 Å². The zero-order chi connectivity index (χ0) is 24.1. The zero-order valence-corrected chi connectivity index (χ0v) is 20.2. The van der Waals surface area contributed by atoms with Gasteiger partial charge in [0.2, 0.25) is 5.78 Å². The van der Waals surface area contributed by atoms with E-state index in [9.17, 15) is 9.59 Å². The molecule has 0 N–H and O–H groups in total. The molecule has 0 amide bonds. The van der Waals surface area contributed by atoms with Crippen LogP contribution in [0.4, 0.5) is 0 Å². The fraction of sp³-hybridized carbons (Fsp3) is 0.185. The van der Waals surface area contributed by atoms with Crippen LogP contribution >= 0.6 is 15.9 Å². The molecule has 176 valence electrons. The maximum Gasteiger partial charge on any atom is 0.312 e. The molecule has 8 heteroatoms. The third-order valence-electron chi connectivity index (χ3n) is 6.27. The molecule has 3 aliphatic heterocycles. The summed E-state index contributed by atoms with van der Waals surface area (Å²) in [4.78, 5) is 25.8. The van der Waals surface area contributed by atoms with Crippen LogP contribution in [-0.2, 0) is 16.1 Å². The van der Waals surface area contributed by atoms with Crippen molar-refractivity contribution >= 4 is 33.8 Å². The summed E-state index contributed by atoms with van der Waals surface area (Å²) in [5, 5.41) is 0. The summed E-state index contributed by atoms with van der Waals surface area (Å²) in [7, 11) is 1.60. The van der Waals surface area contributed by atoms with Gasteiger partial charge in [0.05, 0.1) is 25.7 Å². The molecule has 0 radical (unpaired) electrons. The van der Waals surface area contributed by atoms with E-state index < -0.39 is 5.92 Å². The summed E-state index contributed by atoms with van der Waals surface area (Å²) in [6, 6.07) is 14.5. The predicted octanol–water partition coefficient (Wildman–Crippen LogP) is 5.38. The Labute approximate surface area is 209 Å². The van der Waals surface area contributed by atoms with Gasteiger partial charge in [0.25, 0.3) is 0 Å². The Bertz CT molecular complexity index is 1410. The Morgan fingerprint density at radius 2 is 1.86 bits per heavy atom. The molecule has 6 rings (SSSR count). The predicted molar refractivity (Wildman–Crippen MR) is 129 cm³/mol. The molecule has 7 nitrogen and oxygen atoms in total. The molecule has 0 spiro atoms. The van der Waals surface area contributed by atoms with Gasteiger partial charge in [-0.3, -0.25) is 9.59 Å². The molecule has 35 heavy (non-hydrogen) atoms. The first-order valence-electron chi connectivity index (χ1n) is 11.0. The van der Waals surface area contributed by atoms with E-state index in [1.54, 1.807) is 25.3 Å². The lowest BCUT2D eigenvalue weighted by atomic mass is 9.83. The average Bonchev–Trinajstić information content (AvgIpc) is 3.18. The lowest BCUT2D eigenvalue weighted by Crippen LogP contribution is -2.23. The van der Waals surface area contributed by atoms with Gasteiger partial charge in [0.1, 0.15) is 23.0 Å². The number of benzene rings is 3. The molecule has 0 saturated carbocycles. The van der Waals surface area contributed by atoms with Crippen LogP contribution in [0.1, 0.15) is 45.0 Å². The van der Waals surface area contributed by atoms with Gasteiger partial charge in [-0.15, -0.1) is 0 Å². The monoisotopic (exact) mass is 534 g/mol. The minimum absolute atomic E-state index is 0.0889. The molecule has 3 heterocycles. The highest BCUT2D eigenvalue weighted by Gasteiger charge is 2.40. The van der Waals surface area contributed by atoms with Gasteiger partial charge in [0.15, 0.2) is 12.6 Å². The Morgan fingerprint density at radius 3 is 2.66 bits per heavy atom. The second-order valence-corrected chi connectivity index (χ2v) is 9.31. The van der Waals surface area contributed by atoms with Crippen LogP contribution in [0.2, 0.25) is 0 Å². The van der Waals surface area contributed by atoms with Crippen LogP contribution in [0.3, 0.4) is 0 Å². The quantitative estimate of drug-likeness (QED) is 0.253. The van der Waals surface area contributed by atoms with Crippen molar-refractivity contribution in [2.45, 2.75) is 18.9 Å². The van der Waals surface area contributed by atoms with E-state index in [2.05, 4.69) is 15.9 Å². The summed E-state index contributed by atoms with van der Waals surface area (Å²) in [5.74, 6) is 1.39. The second-order valence-electron chi connectivity index (χ2n) is 8.39. The SMILES string of the molecule is COc1ccc(C=C2Oc3c(ccc4c3C(c3cc(Br)cc5c3OCOC5)CC(=O)O4)C2=O)cc1. The maximum absolute atomic E-state index is 13.2. The number of Topliss-reactive ketones (excluding diaryl/α,β-unsaturated/α-hetero) is 1. The van der Waals surface area contributed by atoms with Crippen molar-refractivity contribution in [1.82, 2.24) is 0 Å². The van der Waals surface area contributed by atoms with E-state index in [0.29, 0.717) is 35.0 Å². The van der Waals surface area contributed by atoms with Gasteiger partial charge in [-0.25, -0.2) is 0 Å². The number of hydrogen-bond donors (Lipinski definition) is 0. The molecule has 3 aliphatic rings. The first kappa shape index (κ1) is 21.9. The molecule has 0 bridgehead atoms. The van der Waals surface area contributed by atoms with Gasteiger partial charge in [0, 0.05) is 27.1 Å². The molecule has 0 aliphatic carbocycles. The number of fused-ring (bicyclic) bond motifs is 4. The standard InChI is InChI=1S/C27H19BrO7/c1-31-17-4-2-14(3-5-17)8-22-25(30)18-6-7-21-24(27(18)35-22)19(11-23(29)34-21)20-10-16(28)9-15-12-32-13-33-26(15)20/h2-10,19H,11-13H2,1H3. The van der Waals surface area contributed by atoms with Crippen LogP contribution in [0.15, 0.2) is 58.8 Å². The highest BCUT2D eigenvalue weighted by Crippen LogP contribution is 2.51. The Kier molecular flexibility index (Phi) is 5.35. The molecule has 3 aromatic carbocycles. The minimum Gasteiger partial charge on any atom is -0.497 e. The zero-order valence-electron chi connectivity index (χ0n) is 18.6. The highest BCUT2D eigenvalue weighted by atomic mass is 79.9. The molecule has 0 saturated heterocycles. The number of ketones is 1. The fourth-order valence-corrected chi connectivity index (χ4v) is 5.21. The summed E-state index contributed by atoms with van der Waals surface area (Å²) in [5.41, 5.74) is 3.58. The lowest BCUT2D eigenvalue weighted by Gasteiger charge is -2.29. The molecule has 0 aromatic heterocycles. The highest BCUT2D eigenvalue weighted by molar-refractivity contribution is 9.10. The summed E-state index contributed by atoms with van der Waals surface area (Å²) >= 11 is 3.56. The molecule has 3 aromatic rings. The van der Waals surface area contributed by atoms with Crippen molar-refractivity contribution in [2.75, 3.05) is 13.9 Å². The first-order valence-corrected chi connectivity index (χ1v) is 11.8. The number of rotatable bonds is 3. The van der Waals surface area contributed by atoms with Gasteiger partial charge < -0.3 is 23.7 Å². The average molecular weight is 535 g/mol. The number of methoxy groups -OCH3 is 1. The number of carbonyl (C=O) groups excluding carboxylic acids is 2. The molecular formula is C27H19BrO7. The Balaban J connectivity index is 1.46. The largest absolute Gasteiger partial charge is 0.497 e.